The van der Waals surface area contributed by atoms with Gasteiger partial charge in [-0.05, 0) is 54.8 Å². The predicted molar refractivity (Wildman–Crippen MR) is 126 cm³/mol. The molecule has 7 nitrogen and oxygen atoms in total. The van der Waals surface area contributed by atoms with Crippen LogP contribution in [0, 0.1) is 5.92 Å². The minimum Gasteiger partial charge on any atom is -0.379 e. The second-order valence-corrected chi connectivity index (χ2v) is 11.8. The molecule has 0 aliphatic carbocycles. The zero-order valence-electron chi connectivity index (χ0n) is 19.8. The Morgan fingerprint density at radius 3 is 2.28 bits per heavy atom. The van der Waals surface area contributed by atoms with E-state index in [4.69, 9.17) is 4.74 Å². The van der Waals surface area contributed by atoms with Crippen molar-refractivity contribution in [2.24, 2.45) is 5.92 Å². The number of sulfonamides is 1. The molecular weight excluding hydrogens is 426 g/mol. The van der Waals surface area contributed by atoms with E-state index < -0.39 is 10.0 Å². The summed E-state index contributed by atoms with van der Waals surface area (Å²) in [5.74, 6) is 0.693. The first kappa shape index (κ1) is 25.1. The Labute approximate surface area is 193 Å². The van der Waals surface area contributed by atoms with Crippen molar-refractivity contribution in [1.82, 2.24) is 14.5 Å². The summed E-state index contributed by atoms with van der Waals surface area (Å²) in [6.07, 6.45) is 3.43. The Hall–Kier alpha value is -1.48. The van der Waals surface area contributed by atoms with E-state index in [1.54, 1.807) is 12.1 Å². The molecule has 1 aromatic carbocycles. The minimum atomic E-state index is -3.61. The first-order chi connectivity index (χ1) is 15.1. The number of carbonyl (C=O) groups is 1. The molecule has 32 heavy (non-hydrogen) atoms. The molecule has 1 aromatic rings. The molecule has 0 aromatic heterocycles. The Bertz CT molecular complexity index is 835. The molecule has 0 unspecified atom stereocenters. The lowest BCUT2D eigenvalue weighted by Crippen LogP contribution is -2.41. The molecular formula is C24H39N3O4S. The maximum atomic E-state index is 12.6. The van der Waals surface area contributed by atoms with Crippen LogP contribution in [0.1, 0.15) is 52.0 Å². The Morgan fingerprint density at radius 1 is 1.06 bits per heavy atom. The summed E-state index contributed by atoms with van der Waals surface area (Å²) in [5, 5.41) is 0. The number of nitrogens with one attached hydrogen (secondary N) is 1. The first-order valence-corrected chi connectivity index (χ1v) is 13.3. The van der Waals surface area contributed by atoms with Crippen molar-refractivity contribution in [2.75, 3.05) is 52.5 Å². The molecule has 0 spiro atoms. The van der Waals surface area contributed by atoms with Crippen molar-refractivity contribution in [2.45, 2.75) is 56.8 Å². The third-order valence-electron chi connectivity index (χ3n) is 6.59. The van der Waals surface area contributed by atoms with Gasteiger partial charge >= 0.3 is 0 Å². The summed E-state index contributed by atoms with van der Waals surface area (Å²) >= 11 is 0. The second-order valence-electron chi connectivity index (χ2n) is 9.99. The van der Waals surface area contributed by atoms with Crippen LogP contribution in [-0.4, -0.2) is 76.6 Å². The Morgan fingerprint density at radius 2 is 1.69 bits per heavy atom. The summed E-state index contributed by atoms with van der Waals surface area (Å²) in [6.45, 7) is 12.8. The van der Waals surface area contributed by atoms with E-state index in [1.165, 1.54) is 6.42 Å². The molecule has 180 valence electrons. The van der Waals surface area contributed by atoms with Gasteiger partial charge < -0.3 is 9.64 Å². The van der Waals surface area contributed by atoms with Crippen molar-refractivity contribution in [3.05, 3.63) is 29.8 Å². The zero-order chi connectivity index (χ0) is 23.2. The first-order valence-electron chi connectivity index (χ1n) is 11.8. The van der Waals surface area contributed by atoms with E-state index in [1.807, 2.05) is 17.0 Å². The molecule has 8 heteroatoms. The van der Waals surface area contributed by atoms with Gasteiger partial charge in [-0.3, -0.25) is 9.69 Å². The van der Waals surface area contributed by atoms with Crippen LogP contribution in [0.5, 0.6) is 0 Å². The van der Waals surface area contributed by atoms with Gasteiger partial charge in [-0.1, -0.05) is 32.9 Å². The highest BCUT2D eigenvalue weighted by Crippen LogP contribution is 2.24. The lowest BCUT2D eigenvalue weighted by atomic mass is 9.87. The summed E-state index contributed by atoms with van der Waals surface area (Å²) in [7, 11) is -3.61. The van der Waals surface area contributed by atoms with Crippen molar-refractivity contribution in [3.63, 3.8) is 0 Å². The normalized spacial score (nSPS) is 19.3. The van der Waals surface area contributed by atoms with Gasteiger partial charge in [0.2, 0.25) is 15.9 Å². The second kappa shape index (κ2) is 11.1. The van der Waals surface area contributed by atoms with Gasteiger partial charge in [0.25, 0.3) is 0 Å². The van der Waals surface area contributed by atoms with Crippen LogP contribution >= 0.6 is 0 Å². The maximum Gasteiger partial charge on any atom is 0.240 e. The molecule has 2 aliphatic rings. The van der Waals surface area contributed by atoms with Crippen LogP contribution in [0.4, 0.5) is 0 Å². The molecule has 0 radical (unpaired) electrons. The molecule has 2 heterocycles. The predicted octanol–water partition coefficient (Wildman–Crippen LogP) is 2.61. The lowest BCUT2D eigenvalue weighted by Gasteiger charge is -2.34. The van der Waals surface area contributed by atoms with E-state index >= 15 is 0 Å². The molecule has 0 bridgehead atoms. The number of benzene rings is 1. The van der Waals surface area contributed by atoms with Crippen LogP contribution in [0.2, 0.25) is 0 Å². The summed E-state index contributed by atoms with van der Waals surface area (Å²) in [6, 6.07) is 6.96. The van der Waals surface area contributed by atoms with Crippen LogP contribution in [0.25, 0.3) is 0 Å². The van der Waals surface area contributed by atoms with E-state index in [2.05, 4.69) is 30.4 Å². The van der Waals surface area contributed by atoms with Crippen LogP contribution in [-0.2, 0) is 25.0 Å². The number of hydrogen-bond acceptors (Lipinski definition) is 5. The third-order valence-corrected chi connectivity index (χ3v) is 8.06. The van der Waals surface area contributed by atoms with Gasteiger partial charge in [0.05, 0.1) is 18.1 Å². The van der Waals surface area contributed by atoms with Gasteiger partial charge in [-0.2, -0.15) is 0 Å². The molecule has 0 saturated carbocycles. The van der Waals surface area contributed by atoms with E-state index in [-0.39, 0.29) is 29.2 Å². The average molecular weight is 466 g/mol. The van der Waals surface area contributed by atoms with Crippen molar-refractivity contribution >= 4 is 15.9 Å². The van der Waals surface area contributed by atoms with E-state index in [0.717, 1.165) is 64.3 Å². The molecule has 2 fully saturated rings. The standard InChI is InChI=1S/C24H39N3O4S/c1-24(2,3)21-4-6-22(7-5-21)32(29,30)25-12-8-23(28)27-14-10-20(11-15-27)9-13-26-16-18-31-19-17-26/h4-7,20,25H,8-19H2,1-3H3. The van der Waals surface area contributed by atoms with Gasteiger partial charge in [-0.15, -0.1) is 0 Å². The Balaban J connectivity index is 1.37. The molecule has 2 aliphatic heterocycles. The number of amides is 1. The lowest BCUT2D eigenvalue weighted by molar-refractivity contribution is -0.132. The number of piperidine rings is 1. The van der Waals surface area contributed by atoms with Gasteiger partial charge in [0.15, 0.2) is 0 Å². The van der Waals surface area contributed by atoms with Crippen molar-refractivity contribution in [3.8, 4) is 0 Å². The highest BCUT2D eigenvalue weighted by Gasteiger charge is 2.24. The topological polar surface area (TPSA) is 79.0 Å². The van der Waals surface area contributed by atoms with E-state index in [0.29, 0.717) is 5.92 Å². The smallest absolute Gasteiger partial charge is 0.240 e. The summed E-state index contributed by atoms with van der Waals surface area (Å²) in [5.41, 5.74) is 1.05. The number of ether oxygens (including phenoxy) is 1. The molecule has 1 N–H and O–H groups in total. The largest absolute Gasteiger partial charge is 0.379 e. The van der Waals surface area contributed by atoms with Gasteiger partial charge in [0.1, 0.15) is 0 Å². The Kier molecular flexibility index (Phi) is 8.72. The van der Waals surface area contributed by atoms with Gasteiger partial charge in [-0.25, -0.2) is 13.1 Å². The monoisotopic (exact) mass is 465 g/mol. The fourth-order valence-electron chi connectivity index (χ4n) is 4.33. The van der Waals surface area contributed by atoms with Crippen LogP contribution in [0.3, 0.4) is 0 Å². The molecule has 2 saturated heterocycles. The van der Waals surface area contributed by atoms with E-state index in [9.17, 15) is 13.2 Å². The maximum absolute atomic E-state index is 12.6. The number of hydrogen-bond donors (Lipinski definition) is 1. The van der Waals surface area contributed by atoms with Crippen LogP contribution in [0.15, 0.2) is 29.2 Å². The summed E-state index contributed by atoms with van der Waals surface area (Å²) in [4.78, 5) is 17.1. The quantitative estimate of drug-likeness (QED) is 0.639. The number of morpholine rings is 1. The number of rotatable bonds is 8. The highest BCUT2D eigenvalue weighted by atomic mass is 32.2. The van der Waals surface area contributed by atoms with Crippen molar-refractivity contribution in [1.29, 1.82) is 0 Å². The fraction of sp³-hybridized carbons (Fsp3) is 0.708. The van der Waals surface area contributed by atoms with Crippen LogP contribution < -0.4 is 4.72 Å². The highest BCUT2D eigenvalue weighted by molar-refractivity contribution is 7.89. The molecule has 1 amide bonds. The number of likely N-dealkylation sites (tertiary alicyclic amines) is 1. The fourth-order valence-corrected chi connectivity index (χ4v) is 5.36. The van der Waals surface area contributed by atoms with Crippen molar-refractivity contribution < 1.29 is 17.9 Å². The molecule has 3 rings (SSSR count). The SMILES string of the molecule is CC(C)(C)c1ccc(S(=O)(=O)NCCC(=O)N2CCC(CCN3CCOCC3)CC2)cc1. The zero-order valence-corrected chi connectivity index (χ0v) is 20.6. The third kappa shape index (κ3) is 7.27. The van der Waals surface area contributed by atoms with Gasteiger partial charge in [0, 0.05) is 39.1 Å². The summed E-state index contributed by atoms with van der Waals surface area (Å²) < 4.78 is 33.1. The molecule has 0 atom stereocenters. The number of nitrogens with zero attached hydrogens (tertiary/aromatic N) is 2. The minimum absolute atomic E-state index is 0.0297. The number of carbonyl (C=O) groups excluding carboxylic acids is 1. The average Bonchev–Trinajstić information content (AvgIpc) is 2.78.